The van der Waals surface area contributed by atoms with Gasteiger partial charge in [-0.2, -0.15) is 0 Å². The average molecular weight is 229 g/mol. The highest BCUT2D eigenvalue weighted by Gasteiger charge is 2.35. The maximum absolute atomic E-state index is 9.29. The van der Waals surface area contributed by atoms with Gasteiger partial charge in [0.25, 0.3) is 0 Å². The van der Waals surface area contributed by atoms with E-state index in [0.29, 0.717) is 17.4 Å². The molecule has 1 saturated carbocycles. The molecule has 0 saturated heterocycles. The predicted octanol–water partition coefficient (Wildman–Crippen LogP) is 1.53. The summed E-state index contributed by atoms with van der Waals surface area (Å²) in [6.07, 6.45) is 3.52. The SMILES string of the molecule is CC1CC(NC(C)(CO)CO)CC(C)(C)C1. The molecule has 2 unspecified atom stereocenters. The van der Waals surface area contributed by atoms with Crippen LogP contribution in [0, 0.1) is 11.3 Å². The molecule has 16 heavy (non-hydrogen) atoms. The molecule has 0 aliphatic heterocycles. The second-order valence-corrected chi connectivity index (χ2v) is 6.63. The van der Waals surface area contributed by atoms with Crippen molar-refractivity contribution in [3.8, 4) is 0 Å². The summed E-state index contributed by atoms with van der Waals surface area (Å²) in [7, 11) is 0. The van der Waals surface area contributed by atoms with Crippen molar-refractivity contribution >= 4 is 0 Å². The zero-order valence-electron chi connectivity index (χ0n) is 11.1. The lowest BCUT2D eigenvalue weighted by molar-refractivity contribution is 0.0651. The molecule has 0 bridgehead atoms. The molecule has 3 nitrogen and oxygen atoms in total. The normalized spacial score (nSPS) is 30.4. The van der Waals surface area contributed by atoms with Crippen LogP contribution in [0.2, 0.25) is 0 Å². The summed E-state index contributed by atoms with van der Waals surface area (Å²) >= 11 is 0. The van der Waals surface area contributed by atoms with Crippen molar-refractivity contribution in [1.82, 2.24) is 5.32 Å². The van der Waals surface area contributed by atoms with Gasteiger partial charge in [-0.1, -0.05) is 20.8 Å². The molecule has 3 N–H and O–H groups in total. The fraction of sp³-hybridized carbons (Fsp3) is 1.00. The van der Waals surface area contributed by atoms with E-state index in [9.17, 15) is 10.2 Å². The highest BCUT2D eigenvalue weighted by Crippen LogP contribution is 2.38. The van der Waals surface area contributed by atoms with Gasteiger partial charge >= 0.3 is 0 Å². The lowest BCUT2D eigenvalue weighted by atomic mass is 9.70. The Hall–Kier alpha value is -0.120. The molecule has 0 aromatic carbocycles. The lowest BCUT2D eigenvalue weighted by Crippen LogP contribution is -2.55. The smallest absolute Gasteiger partial charge is 0.0633 e. The van der Waals surface area contributed by atoms with Gasteiger partial charge in [0.2, 0.25) is 0 Å². The molecule has 2 atom stereocenters. The first-order chi connectivity index (χ1) is 7.30. The third-order valence-electron chi connectivity index (χ3n) is 3.64. The average Bonchev–Trinajstić information content (AvgIpc) is 2.14. The summed E-state index contributed by atoms with van der Waals surface area (Å²) in [4.78, 5) is 0. The molecule has 0 aromatic heterocycles. The number of nitrogens with one attached hydrogen (secondary N) is 1. The Morgan fingerprint density at radius 2 is 1.81 bits per heavy atom. The fourth-order valence-corrected chi connectivity index (χ4v) is 3.09. The topological polar surface area (TPSA) is 52.5 Å². The Labute approximate surface area is 99.3 Å². The molecular formula is C13H27NO2. The van der Waals surface area contributed by atoms with E-state index in [1.54, 1.807) is 0 Å². The minimum Gasteiger partial charge on any atom is -0.394 e. The maximum Gasteiger partial charge on any atom is 0.0633 e. The van der Waals surface area contributed by atoms with Crippen molar-refractivity contribution in [2.75, 3.05) is 13.2 Å². The second-order valence-electron chi connectivity index (χ2n) is 6.63. The van der Waals surface area contributed by atoms with Crippen LogP contribution in [0.3, 0.4) is 0 Å². The number of aliphatic hydroxyl groups is 2. The van der Waals surface area contributed by atoms with E-state index < -0.39 is 5.54 Å². The van der Waals surface area contributed by atoms with Gasteiger partial charge in [0.05, 0.1) is 18.8 Å². The second kappa shape index (κ2) is 5.03. The first-order valence-corrected chi connectivity index (χ1v) is 6.30. The number of hydrogen-bond donors (Lipinski definition) is 3. The van der Waals surface area contributed by atoms with Crippen LogP contribution in [-0.2, 0) is 0 Å². The lowest BCUT2D eigenvalue weighted by Gasteiger charge is -2.42. The van der Waals surface area contributed by atoms with E-state index in [1.165, 1.54) is 6.42 Å². The molecule has 1 rings (SSSR count). The molecule has 1 aliphatic carbocycles. The van der Waals surface area contributed by atoms with Crippen LogP contribution in [0.15, 0.2) is 0 Å². The minimum absolute atomic E-state index is 0.0190. The van der Waals surface area contributed by atoms with Gasteiger partial charge in [-0.3, -0.25) is 0 Å². The van der Waals surface area contributed by atoms with E-state index >= 15 is 0 Å². The third-order valence-corrected chi connectivity index (χ3v) is 3.64. The van der Waals surface area contributed by atoms with E-state index in [0.717, 1.165) is 12.8 Å². The molecule has 0 spiro atoms. The summed E-state index contributed by atoms with van der Waals surface area (Å²) in [5.41, 5.74) is -0.182. The van der Waals surface area contributed by atoms with Gasteiger partial charge in [0.1, 0.15) is 0 Å². The number of aliphatic hydroxyl groups excluding tert-OH is 2. The molecular weight excluding hydrogens is 202 g/mol. The highest BCUT2D eigenvalue weighted by atomic mass is 16.3. The van der Waals surface area contributed by atoms with Crippen molar-refractivity contribution in [3.05, 3.63) is 0 Å². The van der Waals surface area contributed by atoms with Gasteiger partial charge in [0.15, 0.2) is 0 Å². The summed E-state index contributed by atoms with van der Waals surface area (Å²) in [5, 5.41) is 22.0. The highest BCUT2D eigenvalue weighted by molar-refractivity contribution is 4.92. The van der Waals surface area contributed by atoms with Crippen LogP contribution >= 0.6 is 0 Å². The van der Waals surface area contributed by atoms with Crippen molar-refractivity contribution in [2.45, 2.75) is 58.5 Å². The summed E-state index contributed by atoms with van der Waals surface area (Å²) < 4.78 is 0. The fourth-order valence-electron chi connectivity index (χ4n) is 3.09. The van der Waals surface area contributed by atoms with Gasteiger partial charge < -0.3 is 15.5 Å². The summed E-state index contributed by atoms with van der Waals surface area (Å²) in [6.45, 7) is 8.72. The standard InChI is InChI=1S/C13H27NO2/c1-10-5-11(7-12(2,3)6-10)14-13(4,8-15)9-16/h10-11,14-16H,5-9H2,1-4H3. The third kappa shape index (κ3) is 3.72. The van der Waals surface area contributed by atoms with Crippen LogP contribution in [0.4, 0.5) is 0 Å². The molecule has 1 aliphatic rings. The maximum atomic E-state index is 9.29. The molecule has 0 aromatic rings. The summed E-state index contributed by atoms with van der Waals surface area (Å²) in [5.74, 6) is 0.711. The van der Waals surface area contributed by atoms with Gasteiger partial charge in [-0.05, 0) is 37.5 Å². The zero-order valence-corrected chi connectivity index (χ0v) is 11.1. The Kier molecular flexibility index (Phi) is 4.38. The Bertz CT molecular complexity index is 224. The van der Waals surface area contributed by atoms with Crippen LogP contribution in [0.5, 0.6) is 0 Å². The molecule has 3 heteroatoms. The summed E-state index contributed by atoms with van der Waals surface area (Å²) in [6, 6.07) is 0.406. The minimum atomic E-state index is -0.544. The molecule has 0 radical (unpaired) electrons. The van der Waals surface area contributed by atoms with Gasteiger partial charge in [0, 0.05) is 6.04 Å². The molecule has 0 heterocycles. The quantitative estimate of drug-likeness (QED) is 0.685. The van der Waals surface area contributed by atoms with Crippen molar-refractivity contribution in [1.29, 1.82) is 0 Å². The van der Waals surface area contributed by atoms with Gasteiger partial charge in [-0.15, -0.1) is 0 Å². The van der Waals surface area contributed by atoms with Gasteiger partial charge in [-0.25, -0.2) is 0 Å². The first-order valence-electron chi connectivity index (χ1n) is 6.30. The Balaban J connectivity index is 2.60. The zero-order chi connectivity index (χ0) is 12.4. The molecule has 1 fully saturated rings. The van der Waals surface area contributed by atoms with Crippen LogP contribution in [0.25, 0.3) is 0 Å². The van der Waals surface area contributed by atoms with Crippen molar-refractivity contribution < 1.29 is 10.2 Å². The van der Waals surface area contributed by atoms with Crippen molar-refractivity contribution in [3.63, 3.8) is 0 Å². The Morgan fingerprint density at radius 3 is 2.25 bits per heavy atom. The van der Waals surface area contributed by atoms with E-state index in [-0.39, 0.29) is 13.2 Å². The van der Waals surface area contributed by atoms with E-state index in [1.807, 2.05) is 6.92 Å². The molecule has 0 amide bonds. The number of rotatable bonds is 4. The van der Waals surface area contributed by atoms with E-state index in [4.69, 9.17) is 0 Å². The first kappa shape index (κ1) is 13.9. The van der Waals surface area contributed by atoms with E-state index in [2.05, 4.69) is 26.1 Å². The Morgan fingerprint density at radius 1 is 1.25 bits per heavy atom. The predicted molar refractivity (Wildman–Crippen MR) is 66.3 cm³/mol. The number of hydrogen-bond acceptors (Lipinski definition) is 3. The molecule has 96 valence electrons. The van der Waals surface area contributed by atoms with Crippen LogP contribution in [0.1, 0.15) is 47.0 Å². The monoisotopic (exact) mass is 229 g/mol. The van der Waals surface area contributed by atoms with Crippen LogP contribution in [-0.4, -0.2) is 35.0 Å². The largest absolute Gasteiger partial charge is 0.394 e. The van der Waals surface area contributed by atoms with Crippen molar-refractivity contribution in [2.24, 2.45) is 11.3 Å². The van der Waals surface area contributed by atoms with Crippen LogP contribution < -0.4 is 5.32 Å².